The molecule has 24 heavy (non-hydrogen) atoms. The van der Waals surface area contributed by atoms with Crippen LogP contribution in [0.4, 0.5) is 5.13 Å². The number of aromatic nitrogens is 2. The monoisotopic (exact) mass is 384 g/mol. The second kappa shape index (κ2) is 9.36. The highest BCUT2D eigenvalue weighted by Gasteiger charge is 2.26. The first-order chi connectivity index (χ1) is 11.2. The molecule has 1 aromatic carbocycles. The molecule has 0 aliphatic heterocycles. The molecule has 2 atom stereocenters. The van der Waals surface area contributed by atoms with Crippen molar-refractivity contribution in [2.24, 2.45) is 11.7 Å². The molecule has 8 heteroatoms. The number of carbonyl (C=O) groups excluding carboxylic acids is 1. The average molecular weight is 385 g/mol. The lowest BCUT2D eigenvalue weighted by molar-refractivity contribution is -0.117. The number of nitrogens with zero attached hydrogens (tertiary/aromatic N) is 2. The number of halogens is 1. The summed E-state index contributed by atoms with van der Waals surface area (Å²) in [4.78, 5) is 12.1. The van der Waals surface area contributed by atoms with Gasteiger partial charge in [0.25, 0.3) is 0 Å². The molecule has 2 aromatic rings. The quantitative estimate of drug-likeness (QED) is 0.586. The van der Waals surface area contributed by atoms with Crippen molar-refractivity contribution in [3.63, 3.8) is 0 Å². The highest BCUT2D eigenvalue weighted by Crippen LogP contribution is 2.30. The van der Waals surface area contributed by atoms with Crippen LogP contribution in [0.1, 0.15) is 31.2 Å². The van der Waals surface area contributed by atoms with E-state index in [4.69, 9.17) is 5.73 Å². The van der Waals surface area contributed by atoms with Gasteiger partial charge in [-0.3, -0.25) is 4.79 Å². The summed E-state index contributed by atoms with van der Waals surface area (Å²) in [7, 11) is 0. The minimum Gasteiger partial charge on any atom is -0.327 e. The molecule has 5 nitrogen and oxygen atoms in total. The first-order valence-electron chi connectivity index (χ1n) is 7.76. The van der Waals surface area contributed by atoms with Crippen LogP contribution in [0.5, 0.6) is 0 Å². The predicted molar refractivity (Wildman–Crippen MR) is 102 cm³/mol. The van der Waals surface area contributed by atoms with Crippen molar-refractivity contribution < 1.29 is 4.79 Å². The second-order valence-corrected chi connectivity index (χ2v) is 7.95. The summed E-state index contributed by atoms with van der Waals surface area (Å²) < 4.78 is 0.863. The van der Waals surface area contributed by atoms with Crippen LogP contribution < -0.4 is 11.1 Å². The standard InChI is InChI=1S/C16H20N4OS2.ClH/c17-13-8-4-7-12(13)9-14(21)18-15-19-20-16(23-15)22-10-11-5-2-1-3-6-11;/h1-3,5-6,12-13H,4,7-10,17H2,(H,18,19,21);1H/t12-,13+;/m0./s1. The van der Waals surface area contributed by atoms with E-state index in [-0.39, 0.29) is 24.4 Å². The number of nitrogens with two attached hydrogens (primary N) is 1. The number of thioether (sulfide) groups is 1. The Balaban J connectivity index is 0.00000208. The topological polar surface area (TPSA) is 80.9 Å². The highest BCUT2D eigenvalue weighted by atomic mass is 35.5. The lowest BCUT2D eigenvalue weighted by Crippen LogP contribution is -2.28. The zero-order valence-corrected chi connectivity index (χ0v) is 15.6. The van der Waals surface area contributed by atoms with E-state index in [1.165, 1.54) is 16.9 Å². The van der Waals surface area contributed by atoms with Gasteiger partial charge >= 0.3 is 0 Å². The third kappa shape index (κ3) is 5.44. The Hall–Kier alpha value is -1.15. The van der Waals surface area contributed by atoms with Crippen LogP contribution in [0, 0.1) is 5.92 Å². The van der Waals surface area contributed by atoms with E-state index in [1.54, 1.807) is 11.8 Å². The summed E-state index contributed by atoms with van der Waals surface area (Å²) in [5, 5.41) is 11.6. The van der Waals surface area contributed by atoms with Crippen LogP contribution >= 0.6 is 35.5 Å². The predicted octanol–water partition coefficient (Wildman–Crippen LogP) is 3.71. The van der Waals surface area contributed by atoms with Crippen LogP contribution in [0.25, 0.3) is 0 Å². The van der Waals surface area contributed by atoms with Crippen molar-refractivity contribution in [1.82, 2.24) is 10.2 Å². The summed E-state index contributed by atoms with van der Waals surface area (Å²) in [6.07, 6.45) is 3.67. The van der Waals surface area contributed by atoms with Crippen molar-refractivity contribution in [2.75, 3.05) is 5.32 Å². The summed E-state index contributed by atoms with van der Waals surface area (Å²) in [6, 6.07) is 10.4. The molecular weight excluding hydrogens is 364 g/mol. The lowest BCUT2D eigenvalue weighted by Gasteiger charge is -2.13. The highest BCUT2D eigenvalue weighted by molar-refractivity contribution is 8.00. The van der Waals surface area contributed by atoms with Gasteiger partial charge in [-0.1, -0.05) is 59.9 Å². The van der Waals surface area contributed by atoms with Crippen molar-refractivity contribution >= 4 is 46.5 Å². The van der Waals surface area contributed by atoms with Crippen molar-refractivity contribution in [3.8, 4) is 0 Å². The third-order valence-electron chi connectivity index (χ3n) is 4.02. The number of benzene rings is 1. The molecule has 3 rings (SSSR count). The van der Waals surface area contributed by atoms with Gasteiger partial charge in [0.1, 0.15) is 0 Å². The smallest absolute Gasteiger partial charge is 0.226 e. The maximum atomic E-state index is 12.1. The minimum atomic E-state index is -0.0110. The van der Waals surface area contributed by atoms with Gasteiger partial charge in [0, 0.05) is 18.2 Å². The third-order valence-corrected chi connectivity index (χ3v) is 6.07. The Kier molecular flexibility index (Phi) is 7.48. The molecule has 0 unspecified atom stereocenters. The first-order valence-corrected chi connectivity index (χ1v) is 9.56. The normalized spacial score (nSPS) is 19.7. The minimum absolute atomic E-state index is 0. The Morgan fingerprint density at radius 1 is 1.29 bits per heavy atom. The van der Waals surface area contributed by atoms with Crippen molar-refractivity contribution in [3.05, 3.63) is 35.9 Å². The van der Waals surface area contributed by atoms with E-state index in [9.17, 15) is 4.79 Å². The fourth-order valence-electron chi connectivity index (χ4n) is 2.77. The summed E-state index contributed by atoms with van der Waals surface area (Å²) in [5.41, 5.74) is 7.25. The van der Waals surface area contributed by atoms with Crippen molar-refractivity contribution in [2.45, 2.75) is 41.8 Å². The molecule has 1 fully saturated rings. The number of anilines is 1. The fourth-order valence-corrected chi connectivity index (χ4v) is 4.49. The molecule has 1 amide bonds. The molecule has 1 aromatic heterocycles. The first kappa shape index (κ1) is 19.2. The van der Waals surface area contributed by atoms with E-state index in [0.29, 0.717) is 17.5 Å². The summed E-state index contributed by atoms with van der Waals surface area (Å²) in [6.45, 7) is 0. The molecule has 0 bridgehead atoms. The average Bonchev–Trinajstić information content (AvgIpc) is 3.16. The van der Waals surface area contributed by atoms with Crippen LogP contribution in [0.15, 0.2) is 34.7 Å². The van der Waals surface area contributed by atoms with Gasteiger partial charge in [0.05, 0.1) is 0 Å². The van der Waals surface area contributed by atoms with Gasteiger partial charge < -0.3 is 11.1 Å². The van der Waals surface area contributed by atoms with E-state index >= 15 is 0 Å². The van der Waals surface area contributed by atoms with Gasteiger partial charge in [-0.05, 0) is 24.3 Å². The summed E-state index contributed by atoms with van der Waals surface area (Å²) >= 11 is 3.05. The zero-order chi connectivity index (χ0) is 16.1. The van der Waals surface area contributed by atoms with Gasteiger partial charge in [0.15, 0.2) is 4.34 Å². The summed E-state index contributed by atoms with van der Waals surface area (Å²) in [5.74, 6) is 1.14. The molecule has 3 N–H and O–H groups in total. The SMILES string of the molecule is Cl.N[C@@H]1CCC[C@H]1CC(=O)Nc1nnc(SCc2ccccc2)s1. The number of carbonyl (C=O) groups is 1. The lowest BCUT2D eigenvalue weighted by atomic mass is 10.00. The molecule has 0 spiro atoms. The molecule has 0 saturated heterocycles. The van der Waals surface area contributed by atoms with Crippen LogP contribution in [0.2, 0.25) is 0 Å². The number of nitrogens with one attached hydrogen (secondary N) is 1. The van der Waals surface area contributed by atoms with E-state index in [0.717, 1.165) is 29.4 Å². The molecule has 130 valence electrons. The molecule has 1 heterocycles. The number of rotatable bonds is 6. The van der Waals surface area contributed by atoms with E-state index in [2.05, 4.69) is 27.6 Å². The number of hydrogen-bond donors (Lipinski definition) is 2. The van der Waals surface area contributed by atoms with Crippen LogP contribution in [0.3, 0.4) is 0 Å². The van der Waals surface area contributed by atoms with E-state index < -0.39 is 0 Å². The molecule has 1 saturated carbocycles. The number of amides is 1. The number of hydrogen-bond acceptors (Lipinski definition) is 6. The Bertz CT molecular complexity index is 653. The molecule has 1 aliphatic carbocycles. The Labute approximate surface area is 156 Å². The van der Waals surface area contributed by atoms with Crippen LogP contribution in [-0.2, 0) is 10.5 Å². The van der Waals surface area contributed by atoms with Gasteiger partial charge in [-0.25, -0.2) is 0 Å². The van der Waals surface area contributed by atoms with Gasteiger partial charge in [-0.2, -0.15) is 0 Å². The van der Waals surface area contributed by atoms with E-state index in [1.807, 2.05) is 18.2 Å². The van der Waals surface area contributed by atoms with Gasteiger partial charge in [0.2, 0.25) is 11.0 Å². The van der Waals surface area contributed by atoms with Gasteiger partial charge in [-0.15, -0.1) is 22.6 Å². The zero-order valence-electron chi connectivity index (χ0n) is 13.2. The molecule has 0 radical (unpaired) electrons. The van der Waals surface area contributed by atoms with Crippen LogP contribution in [-0.4, -0.2) is 22.1 Å². The fraction of sp³-hybridized carbons (Fsp3) is 0.438. The molecular formula is C16H21ClN4OS2. The van der Waals surface area contributed by atoms with Crippen molar-refractivity contribution in [1.29, 1.82) is 0 Å². The Morgan fingerprint density at radius 2 is 2.08 bits per heavy atom. The Morgan fingerprint density at radius 3 is 2.79 bits per heavy atom. The molecule has 1 aliphatic rings. The maximum Gasteiger partial charge on any atom is 0.226 e. The maximum absolute atomic E-state index is 12.1. The second-order valence-electron chi connectivity index (χ2n) is 5.75. The largest absolute Gasteiger partial charge is 0.327 e.